The molecule has 9 heteroatoms. The van der Waals surface area contributed by atoms with E-state index < -0.39 is 39.7 Å². The summed E-state index contributed by atoms with van der Waals surface area (Å²) in [6.45, 7) is 8.72. The molecule has 1 aromatic carbocycles. The van der Waals surface area contributed by atoms with E-state index in [2.05, 4.69) is 13.8 Å². The zero-order valence-electron chi connectivity index (χ0n) is 17.6. The van der Waals surface area contributed by atoms with Gasteiger partial charge in [0.1, 0.15) is 11.3 Å². The maximum Gasteiger partial charge on any atom is 0.342 e. The second kappa shape index (κ2) is 8.45. The molecule has 2 unspecified atom stereocenters. The molecule has 0 bridgehead atoms. The molecular weight excluding hydrogens is 412 g/mol. The Hall–Kier alpha value is -2.29. The van der Waals surface area contributed by atoms with Crippen LogP contribution in [0.15, 0.2) is 9.82 Å². The van der Waals surface area contributed by atoms with Crippen molar-refractivity contribution in [2.45, 2.75) is 57.4 Å². The van der Waals surface area contributed by atoms with Crippen molar-refractivity contribution >= 4 is 40.0 Å². The number of nitrogen functional groups attached to an aromatic ring is 1. The van der Waals surface area contributed by atoms with Gasteiger partial charge in [-0.25, -0.2) is 13.6 Å². The summed E-state index contributed by atoms with van der Waals surface area (Å²) in [7, 11) is 0. The highest BCUT2D eigenvalue weighted by Crippen LogP contribution is 2.48. The van der Waals surface area contributed by atoms with Crippen molar-refractivity contribution in [2.75, 3.05) is 23.7 Å². The van der Waals surface area contributed by atoms with Crippen molar-refractivity contribution < 1.29 is 18.7 Å². The lowest BCUT2D eigenvalue weighted by molar-refractivity contribution is 0.0689. The van der Waals surface area contributed by atoms with Gasteiger partial charge in [0.25, 0.3) is 0 Å². The van der Waals surface area contributed by atoms with Crippen LogP contribution in [0.4, 0.5) is 20.2 Å². The van der Waals surface area contributed by atoms with Gasteiger partial charge in [-0.3, -0.25) is 4.79 Å². The van der Waals surface area contributed by atoms with E-state index in [1.807, 2.05) is 6.92 Å². The van der Waals surface area contributed by atoms with Gasteiger partial charge >= 0.3 is 5.97 Å². The number of aromatic carboxylic acids is 1. The van der Waals surface area contributed by atoms with E-state index >= 15 is 8.78 Å². The van der Waals surface area contributed by atoms with Crippen LogP contribution in [0.5, 0.6) is 0 Å². The minimum atomic E-state index is -1.43. The van der Waals surface area contributed by atoms with Crippen LogP contribution in [0.3, 0.4) is 0 Å². The molecule has 3 rings (SSSR count). The number of carboxylic acid groups (broad SMARTS) is 1. The number of anilines is 2. The number of pyridine rings is 1. The van der Waals surface area contributed by atoms with Crippen molar-refractivity contribution in [1.29, 1.82) is 0 Å². The first-order valence-corrected chi connectivity index (χ1v) is 11.1. The molecule has 0 amide bonds. The first-order chi connectivity index (χ1) is 14.1. The predicted molar refractivity (Wildman–Crippen MR) is 117 cm³/mol. The fraction of sp³-hybridized carbons (Fsp3) is 0.524. The normalized spacial score (nSPS) is 16.3. The molecule has 6 nitrogen and oxygen atoms in total. The van der Waals surface area contributed by atoms with Gasteiger partial charge in [-0.15, -0.1) is 0 Å². The van der Waals surface area contributed by atoms with Gasteiger partial charge < -0.3 is 20.3 Å². The van der Waals surface area contributed by atoms with Crippen molar-refractivity contribution in [3.63, 3.8) is 0 Å². The number of thioether (sulfide) groups is 1. The Bertz CT molecular complexity index is 1070. The van der Waals surface area contributed by atoms with Crippen molar-refractivity contribution in [3.8, 4) is 0 Å². The van der Waals surface area contributed by atoms with Crippen LogP contribution in [0.2, 0.25) is 0 Å². The summed E-state index contributed by atoms with van der Waals surface area (Å²) in [5.74, 6) is -2.91. The Morgan fingerprint density at radius 1 is 1.30 bits per heavy atom. The first kappa shape index (κ1) is 22.4. The van der Waals surface area contributed by atoms with E-state index in [0.717, 1.165) is 12.8 Å². The van der Waals surface area contributed by atoms with Crippen LogP contribution in [0, 0.1) is 17.6 Å². The van der Waals surface area contributed by atoms with Gasteiger partial charge in [-0.1, -0.05) is 39.0 Å². The zero-order chi connectivity index (χ0) is 22.3. The lowest BCUT2D eigenvalue weighted by atomic mass is 10.0. The Labute approximate surface area is 178 Å². The van der Waals surface area contributed by atoms with Crippen LogP contribution in [-0.4, -0.2) is 28.7 Å². The van der Waals surface area contributed by atoms with E-state index in [1.165, 1.54) is 16.3 Å². The average molecular weight is 440 g/mol. The minimum Gasteiger partial charge on any atom is -0.477 e. The van der Waals surface area contributed by atoms with E-state index in [0.29, 0.717) is 25.4 Å². The summed E-state index contributed by atoms with van der Waals surface area (Å²) < 4.78 is 32.6. The third-order valence-electron chi connectivity index (χ3n) is 5.75. The summed E-state index contributed by atoms with van der Waals surface area (Å²) in [5, 5.41) is 8.95. The zero-order valence-corrected chi connectivity index (χ0v) is 18.4. The molecular formula is C21H27F2N3O3S. The fourth-order valence-corrected chi connectivity index (χ4v) is 5.00. The molecule has 1 aromatic heterocycles. The first-order valence-electron chi connectivity index (χ1n) is 10.2. The average Bonchev–Trinajstić information content (AvgIpc) is 2.68. The minimum absolute atomic E-state index is 0.121. The summed E-state index contributed by atoms with van der Waals surface area (Å²) in [6, 6.07) is 0. The summed E-state index contributed by atoms with van der Waals surface area (Å²) in [4.78, 5) is 26.1. The summed E-state index contributed by atoms with van der Waals surface area (Å²) in [5.41, 5.74) is 3.67. The highest BCUT2D eigenvalue weighted by Gasteiger charge is 2.37. The Morgan fingerprint density at radius 2 is 1.97 bits per heavy atom. The number of benzene rings is 1. The third kappa shape index (κ3) is 3.42. The number of nitrogens with zero attached hydrogens (tertiary/aromatic N) is 2. The smallest absolute Gasteiger partial charge is 0.342 e. The standard InChI is InChI=1S/C21H27F2N3O3S/c1-5-8-25(9-7-10(3)6-2)18-14(22)16(24)12-17(15(18)23)26-11(4)30-20(26)13(19(12)27)21(28)29/h10-11H,5-9,24H2,1-4H3,(H,28,29). The molecule has 0 aliphatic carbocycles. The SMILES string of the molecule is CCCN(CCC(C)CC)c1c(F)c(N)c2c(=O)c(C(=O)O)c3n(c2c1F)C(C)S3. The van der Waals surface area contributed by atoms with Crippen molar-refractivity contribution in [3.05, 3.63) is 27.4 Å². The highest BCUT2D eigenvalue weighted by atomic mass is 32.2. The molecule has 0 spiro atoms. The van der Waals surface area contributed by atoms with Crippen molar-refractivity contribution in [2.24, 2.45) is 5.92 Å². The number of carbonyl (C=O) groups is 1. The van der Waals surface area contributed by atoms with Crippen LogP contribution in [0.25, 0.3) is 10.9 Å². The van der Waals surface area contributed by atoms with E-state index in [9.17, 15) is 14.7 Å². The maximum absolute atomic E-state index is 15.8. The number of hydrogen-bond acceptors (Lipinski definition) is 5. The highest BCUT2D eigenvalue weighted by molar-refractivity contribution is 8.00. The van der Waals surface area contributed by atoms with E-state index in [4.69, 9.17) is 5.73 Å². The lowest BCUT2D eigenvalue weighted by Crippen LogP contribution is -2.32. The van der Waals surface area contributed by atoms with Gasteiger partial charge in [0.2, 0.25) is 5.43 Å². The van der Waals surface area contributed by atoms with Crippen LogP contribution >= 0.6 is 11.8 Å². The maximum atomic E-state index is 15.8. The van der Waals surface area contributed by atoms with Crippen molar-refractivity contribution in [1.82, 2.24) is 4.57 Å². The molecule has 1 aliphatic heterocycles. The fourth-order valence-electron chi connectivity index (χ4n) is 3.86. The molecule has 0 fully saturated rings. The van der Waals surface area contributed by atoms with Gasteiger partial charge in [0.15, 0.2) is 11.6 Å². The summed E-state index contributed by atoms with van der Waals surface area (Å²) in [6.07, 6.45) is 2.40. The monoisotopic (exact) mass is 439 g/mol. The molecule has 3 N–H and O–H groups in total. The van der Waals surface area contributed by atoms with Crippen LogP contribution in [0.1, 0.15) is 62.7 Å². The quantitative estimate of drug-likeness (QED) is 0.573. The number of nitrogens with two attached hydrogens (primary N) is 1. The molecule has 164 valence electrons. The summed E-state index contributed by atoms with van der Waals surface area (Å²) >= 11 is 1.17. The van der Waals surface area contributed by atoms with Gasteiger partial charge in [-0.05, 0) is 25.7 Å². The van der Waals surface area contributed by atoms with Gasteiger partial charge in [0, 0.05) is 13.1 Å². The number of fused-ring (bicyclic) bond motifs is 3. The molecule has 2 atom stereocenters. The van der Waals surface area contributed by atoms with Crippen LogP contribution < -0.4 is 16.1 Å². The third-order valence-corrected chi connectivity index (χ3v) is 6.93. The second-order valence-corrected chi connectivity index (χ2v) is 9.11. The molecule has 0 saturated heterocycles. The lowest BCUT2D eigenvalue weighted by Gasteiger charge is -2.34. The second-order valence-electron chi connectivity index (χ2n) is 7.80. The molecule has 0 saturated carbocycles. The Morgan fingerprint density at radius 3 is 2.50 bits per heavy atom. The topological polar surface area (TPSA) is 88.6 Å². The number of carboxylic acids is 1. The van der Waals surface area contributed by atoms with E-state index in [1.54, 1.807) is 11.8 Å². The van der Waals surface area contributed by atoms with E-state index in [-0.39, 0.29) is 21.6 Å². The molecule has 0 radical (unpaired) electrons. The molecule has 2 aromatic rings. The number of halogens is 2. The predicted octanol–water partition coefficient (Wildman–Crippen LogP) is 4.84. The molecule has 2 heterocycles. The largest absolute Gasteiger partial charge is 0.477 e. The molecule has 1 aliphatic rings. The van der Waals surface area contributed by atoms with Gasteiger partial charge in [-0.2, -0.15) is 0 Å². The Kier molecular flexibility index (Phi) is 6.31. The van der Waals surface area contributed by atoms with Gasteiger partial charge in [0.05, 0.1) is 27.0 Å². The van der Waals surface area contributed by atoms with Crippen LogP contribution in [-0.2, 0) is 0 Å². The Balaban J connectivity index is 2.32. The number of rotatable bonds is 8. The number of aromatic nitrogens is 1. The molecule has 30 heavy (non-hydrogen) atoms. The number of hydrogen-bond donors (Lipinski definition) is 2.